The summed E-state index contributed by atoms with van der Waals surface area (Å²) in [5, 5.41) is 9.34. The van der Waals surface area contributed by atoms with Crippen molar-refractivity contribution in [3.8, 4) is 0 Å². The number of aliphatic imine (C=N–C) groups is 1. The Morgan fingerprint density at radius 3 is 2.26 bits per heavy atom. The Morgan fingerprint density at radius 2 is 1.65 bits per heavy atom. The Bertz CT molecular complexity index is 882. The molecule has 0 aliphatic carbocycles. The van der Waals surface area contributed by atoms with E-state index in [0.29, 0.717) is 36.7 Å². The zero-order valence-corrected chi connectivity index (χ0v) is 20.9. The molecular formula is C23H32IN5O2. The van der Waals surface area contributed by atoms with Crippen LogP contribution in [0.25, 0.3) is 0 Å². The molecule has 0 heterocycles. The van der Waals surface area contributed by atoms with Gasteiger partial charge < -0.3 is 20.9 Å². The summed E-state index contributed by atoms with van der Waals surface area (Å²) < 4.78 is 0. The molecule has 8 heteroatoms. The van der Waals surface area contributed by atoms with E-state index in [0.717, 1.165) is 17.5 Å². The number of halogens is 1. The maximum atomic E-state index is 12.1. The highest BCUT2D eigenvalue weighted by atomic mass is 127. The first-order valence-corrected chi connectivity index (χ1v) is 10.1. The number of nitrogens with zero attached hydrogens (tertiary/aromatic N) is 2. The maximum absolute atomic E-state index is 12.1. The van der Waals surface area contributed by atoms with Crippen molar-refractivity contribution in [2.45, 2.75) is 19.9 Å². The third-order valence-electron chi connectivity index (χ3n) is 4.52. The first kappa shape index (κ1) is 26.4. The number of carbonyl (C=O) groups is 2. The predicted molar refractivity (Wildman–Crippen MR) is 136 cm³/mol. The summed E-state index contributed by atoms with van der Waals surface area (Å²) in [7, 11) is 5.23. The number of benzene rings is 2. The highest BCUT2D eigenvalue weighted by Gasteiger charge is 2.08. The Morgan fingerprint density at radius 1 is 0.935 bits per heavy atom. The normalized spacial score (nSPS) is 10.6. The molecule has 2 aromatic rings. The van der Waals surface area contributed by atoms with Gasteiger partial charge >= 0.3 is 0 Å². The van der Waals surface area contributed by atoms with Crippen LogP contribution < -0.4 is 16.0 Å². The van der Waals surface area contributed by atoms with Crippen molar-refractivity contribution >= 4 is 41.8 Å². The standard InChI is InChI=1S/C23H31N5O2.HI/c1-5-25-21(29)19-11-9-18(10-12-19)16-27-23(24-2)26-14-13-17-7-6-8-20(15-17)22(30)28(3)4;/h6-12,15H,5,13-14,16H2,1-4H3,(H,25,29)(H2,24,26,27);1H. The molecule has 0 fully saturated rings. The third-order valence-corrected chi connectivity index (χ3v) is 4.52. The molecule has 0 saturated heterocycles. The summed E-state index contributed by atoms with van der Waals surface area (Å²) in [5.74, 6) is 0.634. The molecule has 0 spiro atoms. The largest absolute Gasteiger partial charge is 0.356 e. The van der Waals surface area contributed by atoms with E-state index in [1.54, 1.807) is 26.0 Å². The van der Waals surface area contributed by atoms with Gasteiger partial charge in [-0.25, -0.2) is 0 Å². The lowest BCUT2D eigenvalue weighted by Crippen LogP contribution is -2.37. The Hall–Kier alpha value is -2.62. The monoisotopic (exact) mass is 537 g/mol. The van der Waals surface area contributed by atoms with Crippen LogP contribution in [0.15, 0.2) is 53.5 Å². The van der Waals surface area contributed by atoms with Crippen LogP contribution in [-0.2, 0) is 13.0 Å². The second kappa shape index (κ2) is 13.6. The van der Waals surface area contributed by atoms with E-state index in [9.17, 15) is 9.59 Å². The number of hydrogen-bond acceptors (Lipinski definition) is 3. The van der Waals surface area contributed by atoms with Gasteiger partial charge in [0.05, 0.1) is 0 Å². The maximum Gasteiger partial charge on any atom is 0.253 e. The van der Waals surface area contributed by atoms with Gasteiger partial charge in [-0.2, -0.15) is 0 Å². The molecule has 0 unspecified atom stereocenters. The second-order valence-corrected chi connectivity index (χ2v) is 7.06. The van der Waals surface area contributed by atoms with Crippen LogP contribution in [0.3, 0.4) is 0 Å². The summed E-state index contributed by atoms with van der Waals surface area (Å²) in [6.45, 7) is 3.80. The van der Waals surface area contributed by atoms with E-state index in [2.05, 4.69) is 20.9 Å². The zero-order chi connectivity index (χ0) is 21.9. The van der Waals surface area contributed by atoms with Crippen LogP contribution in [-0.4, -0.2) is 56.9 Å². The van der Waals surface area contributed by atoms with Crippen LogP contribution in [0.2, 0.25) is 0 Å². The number of carbonyl (C=O) groups excluding carboxylic acids is 2. The lowest BCUT2D eigenvalue weighted by Gasteiger charge is -2.13. The Kier molecular flexibility index (Phi) is 11.6. The van der Waals surface area contributed by atoms with Crippen molar-refractivity contribution in [1.29, 1.82) is 0 Å². The van der Waals surface area contributed by atoms with E-state index in [1.165, 1.54) is 0 Å². The summed E-state index contributed by atoms with van der Waals surface area (Å²) in [4.78, 5) is 29.7. The fourth-order valence-corrected chi connectivity index (χ4v) is 2.89. The van der Waals surface area contributed by atoms with E-state index in [-0.39, 0.29) is 35.8 Å². The zero-order valence-electron chi connectivity index (χ0n) is 18.6. The Labute approximate surface area is 201 Å². The van der Waals surface area contributed by atoms with Gasteiger partial charge in [0.25, 0.3) is 11.8 Å². The smallest absolute Gasteiger partial charge is 0.253 e. The van der Waals surface area contributed by atoms with Crippen molar-refractivity contribution in [1.82, 2.24) is 20.9 Å². The highest BCUT2D eigenvalue weighted by Crippen LogP contribution is 2.08. The van der Waals surface area contributed by atoms with E-state index in [1.807, 2.05) is 55.5 Å². The summed E-state index contributed by atoms with van der Waals surface area (Å²) in [6.07, 6.45) is 0.774. The SMILES string of the molecule is CCNC(=O)c1ccc(CNC(=NC)NCCc2cccc(C(=O)N(C)C)c2)cc1.I. The minimum Gasteiger partial charge on any atom is -0.356 e. The molecule has 0 saturated carbocycles. The highest BCUT2D eigenvalue weighted by molar-refractivity contribution is 14.0. The molecule has 0 atom stereocenters. The van der Waals surface area contributed by atoms with Crippen LogP contribution in [0.1, 0.15) is 38.8 Å². The number of rotatable bonds is 8. The van der Waals surface area contributed by atoms with E-state index < -0.39 is 0 Å². The number of guanidine groups is 1. The molecule has 2 rings (SSSR count). The number of amides is 2. The summed E-state index contributed by atoms with van der Waals surface area (Å²) in [6, 6.07) is 15.2. The summed E-state index contributed by atoms with van der Waals surface area (Å²) >= 11 is 0. The van der Waals surface area contributed by atoms with E-state index in [4.69, 9.17) is 0 Å². The molecule has 0 bridgehead atoms. The molecule has 2 amide bonds. The average Bonchev–Trinajstić information content (AvgIpc) is 2.76. The minimum atomic E-state index is -0.0640. The molecule has 0 radical (unpaired) electrons. The van der Waals surface area contributed by atoms with Crippen LogP contribution in [0.5, 0.6) is 0 Å². The average molecular weight is 537 g/mol. The van der Waals surface area contributed by atoms with Gasteiger partial charge in [-0.3, -0.25) is 14.6 Å². The van der Waals surface area contributed by atoms with E-state index >= 15 is 0 Å². The molecule has 7 nitrogen and oxygen atoms in total. The minimum absolute atomic E-state index is 0. The van der Waals surface area contributed by atoms with Crippen molar-refractivity contribution in [2.24, 2.45) is 4.99 Å². The molecule has 0 aliphatic rings. The van der Waals surface area contributed by atoms with Crippen LogP contribution in [0.4, 0.5) is 0 Å². The quantitative estimate of drug-likeness (QED) is 0.275. The number of hydrogen-bond donors (Lipinski definition) is 3. The van der Waals surface area contributed by atoms with Gasteiger partial charge in [0.15, 0.2) is 5.96 Å². The fourth-order valence-electron chi connectivity index (χ4n) is 2.89. The molecule has 0 aromatic heterocycles. The van der Waals surface area contributed by atoms with Gasteiger partial charge in [-0.15, -0.1) is 24.0 Å². The molecule has 31 heavy (non-hydrogen) atoms. The van der Waals surface area contributed by atoms with Crippen LogP contribution in [0, 0.1) is 0 Å². The van der Waals surface area contributed by atoms with Crippen LogP contribution >= 0.6 is 24.0 Å². The van der Waals surface area contributed by atoms with Gasteiger partial charge in [-0.1, -0.05) is 24.3 Å². The topological polar surface area (TPSA) is 85.8 Å². The molecule has 0 aliphatic heterocycles. The molecule has 2 aromatic carbocycles. The van der Waals surface area contributed by atoms with Crippen molar-refractivity contribution < 1.29 is 9.59 Å². The van der Waals surface area contributed by atoms with Crippen molar-refractivity contribution in [3.05, 3.63) is 70.8 Å². The number of nitrogens with one attached hydrogen (secondary N) is 3. The lowest BCUT2D eigenvalue weighted by atomic mass is 10.1. The van der Waals surface area contributed by atoms with Gasteiger partial charge in [0, 0.05) is 51.9 Å². The van der Waals surface area contributed by atoms with Crippen molar-refractivity contribution in [3.63, 3.8) is 0 Å². The van der Waals surface area contributed by atoms with Gasteiger partial charge in [0.1, 0.15) is 0 Å². The second-order valence-electron chi connectivity index (χ2n) is 7.06. The first-order valence-electron chi connectivity index (χ1n) is 10.1. The summed E-state index contributed by atoms with van der Waals surface area (Å²) in [5.41, 5.74) is 3.49. The van der Waals surface area contributed by atoms with Gasteiger partial charge in [-0.05, 0) is 48.7 Å². The van der Waals surface area contributed by atoms with Crippen molar-refractivity contribution in [2.75, 3.05) is 34.2 Å². The first-order chi connectivity index (χ1) is 14.4. The molecule has 168 valence electrons. The van der Waals surface area contributed by atoms with Gasteiger partial charge in [0.2, 0.25) is 0 Å². The predicted octanol–water partition coefficient (Wildman–Crippen LogP) is 2.66. The molecular weight excluding hydrogens is 505 g/mol. The third kappa shape index (κ3) is 8.56. The fraction of sp³-hybridized carbons (Fsp3) is 0.348. The Balaban J connectivity index is 0.00000480. The molecule has 3 N–H and O–H groups in total. The lowest BCUT2D eigenvalue weighted by molar-refractivity contribution is 0.0827.